The molecule has 1 aliphatic heterocycles. The molecule has 0 aliphatic carbocycles. The van der Waals surface area contributed by atoms with Crippen molar-refractivity contribution in [1.82, 2.24) is 20.0 Å². The van der Waals surface area contributed by atoms with Gasteiger partial charge in [0.2, 0.25) is 5.91 Å². The van der Waals surface area contributed by atoms with Gasteiger partial charge in [0.1, 0.15) is 6.54 Å². The van der Waals surface area contributed by atoms with Crippen molar-refractivity contribution < 1.29 is 19.1 Å². The zero-order valence-corrected chi connectivity index (χ0v) is 17.2. The molecule has 1 aromatic heterocycles. The molecule has 2 heterocycles. The van der Waals surface area contributed by atoms with E-state index >= 15 is 0 Å². The first-order chi connectivity index (χ1) is 14.0. The molecule has 2 amide bonds. The minimum Gasteiger partial charge on any atom is -0.493 e. The van der Waals surface area contributed by atoms with Gasteiger partial charge in [0.25, 0.3) is 5.91 Å². The van der Waals surface area contributed by atoms with Crippen LogP contribution in [0.15, 0.2) is 30.5 Å². The first-order valence-corrected chi connectivity index (χ1v) is 9.78. The fraction of sp³-hybridized carbons (Fsp3) is 0.476. The summed E-state index contributed by atoms with van der Waals surface area (Å²) in [6.45, 7) is 4.03. The van der Waals surface area contributed by atoms with Crippen molar-refractivity contribution in [3.8, 4) is 11.5 Å². The van der Waals surface area contributed by atoms with Crippen LogP contribution in [-0.4, -0.2) is 60.3 Å². The number of benzene rings is 1. The summed E-state index contributed by atoms with van der Waals surface area (Å²) in [5.41, 5.74) is 1.33. The third-order valence-corrected chi connectivity index (χ3v) is 5.14. The van der Waals surface area contributed by atoms with Crippen LogP contribution in [0.4, 0.5) is 0 Å². The van der Waals surface area contributed by atoms with Gasteiger partial charge in [0, 0.05) is 25.8 Å². The summed E-state index contributed by atoms with van der Waals surface area (Å²) in [4.78, 5) is 27.1. The normalized spacial score (nSPS) is 16.4. The van der Waals surface area contributed by atoms with Crippen LogP contribution in [0, 0.1) is 12.8 Å². The third-order valence-electron chi connectivity index (χ3n) is 5.14. The average molecular weight is 400 g/mol. The summed E-state index contributed by atoms with van der Waals surface area (Å²) in [5.74, 6) is 0.994. The number of hydrogen-bond acceptors (Lipinski definition) is 5. The molecule has 1 unspecified atom stereocenters. The molecule has 3 rings (SSSR count). The van der Waals surface area contributed by atoms with Crippen molar-refractivity contribution in [3.63, 3.8) is 0 Å². The Balaban J connectivity index is 1.55. The van der Waals surface area contributed by atoms with Crippen molar-refractivity contribution >= 4 is 11.8 Å². The van der Waals surface area contributed by atoms with E-state index in [9.17, 15) is 9.59 Å². The van der Waals surface area contributed by atoms with E-state index in [1.165, 1.54) is 14.2 Å². The van der Waals surface area contributed by atoms with E-state index in [0.717, 1.165) is 25.1 Å². The topological polar surface area (TPSA) is 85.7 Å². The second kappa shape index (κ2) is 9.45. The van der Waals surface area contributed by atoms with Crippen molar-refractivity contribution in [2.24, 2.45) is 5.92 Å². The highest BCUT2D eigenvalue weighted by Crippen LogP contribution is 2.30. The summed E-state index contributed by atoms with van der Waals surface area (Å²) in [6, 6.07) is 7.10. The molecule has 1 saturated heterocycles. The minimum atomic E-state index is -0.212. The Morgan fingerprint density at radius 1 is 1.24 bits per heavy atom. The van der Waals surface area contributed by atoms with Crippen LogP contribution >= 0.6 is 0 Å². The first-order valence-electron chi connectivity index (χ1n) is 9.78. The van der Waals surface area contributed by atoms with E-state index < -0.39 is 0 Å². The molecule has 2 aromatic rings. The van der Waals surface area contributed by atoms with E-state index in [-0.39, 0.29) is 24.3 Å². The molecule has 1 fully saturated rings. The zero-order chi connectivity index (χ0) is 20.8. The lowest BCUT2D eigenvalue weighted by atomic mass is 9.97. The Morgan fingerprint density at radius 2 is 2.07 bits per heavy atom. The number of aromatic nitrogens is 2. The van der Waals surface area contributed by atoms with Crippen molar-refractivity contribution in [2.45, 2.75) is 26.3 Å². The summed E-state index contributed by atoms with van der Waals surface area (Å²) >= 11 is 0. The predicted octanol–water partition coefficient (Wildman–Crippen LogP) is 1.88. The number of likely N-dealkylation sites (tertiary alicyclic amines) is 1. The Bertz CT molecular complexity index is 864. The van der Waals surface area contributed by atoms with Gasteiger partial charge in [0.15, 0.2) is 11.5 Å². The molecule has 0 saturated carbocycles. The molecule has 1 atom stereocenters. The highest BCUT2D eigenvalue weighted by atomic mass is 16.5. The molecule has 1 aliphatic rings. The molecule has 0 bridgehead atoms. The van der Waals surface area contributed by atoms with Gasteiger partial charge in [-0.3, -0.25) is 14.3 Å². The molecule has 1 aromatic carbocycles. The van der Waals surface area contributed by atoms with E-state index in [2.05, 4.69) is 10.4 Å². The number of nitrogens with one attached hydrogen (secondary N) is 1. The Morgan fingerprint density at radius 3 is 2.76 bits per heavy atom. The maximum atomic E-state index is 12.7. The largest absolute Gasteiger partial charge is 0.493 e. The monoisotopic (exact) mass is 400 g/mol. The molecule has 0 spiro atoms. The van der Waals surface area contributed by atoms with Crippen LogP contribution in [0.2, 0.25) is 0 Å². The Labute approximate surface area is 170 Å². The number of rotatable bonds is 7. The van der Waals surface area contributed by atoms with Gasteiger partial charge in [0.05, 0.1) is 25.5 Å². The van der Waals surface area contributed by atoms with E-state index in [0.29, 0.717) is 30.2 Å². The number of aryl methyl sites for hydroxylation is 1. The first kappa shape index (κ1) is 20.7. The highest BCUT2D eigenvalue weighted by molar-refractivity contribution is 5.97. The number of ether oxygens (including phenoxy) is 2. The molecule has 1 N–H and O–H groups in total. The number of carbonyl (C=O) groups is 2. The summed E-state index contributed by atoms with van der Waals surface area (Å²) < 4.78 is 12.3. The maximum Gasteiger partial charge on any atom is 0.255 e. The molecule has 8 nitrogen and oxygen atoms in total. The van der Waals surface area contributed by atoms with Gasteiger partial charge >= 0.3 is 0 Å². The lowest BCUT2D eigenvalue weighted by Crippen LogP contribution is -2.44. The number of amides is 2. The summed E-state index contributed by atoms with van der Waals surface area (Å²) in [5, 5.41) is 7.26. The minimum absolute atomic E-state index is 0.0543. The number of carbonyl (C=O) groups excluding carboxylic acids is 2. The molecular formula is C21H28N4O4. The van der Waals surface area contributed by atoms with Gasteiger partial charge in [-0.15, -0.1) is 0 Å². The van der Waals surface area contributed by atoms with Crippen molar-refractivity contribution in [3.05, 3.63) is 41.7 Å². The van der Waals surface area contributed by atoms with Gasteiger partial charge in [-0.1, -0.05) is 6.07 Å². The van der Waals surface area contributed by atoms with Crippen molar-refractivity contribution in [2.75, 3.05) is 33.9 Å². The highest BCUT2D eigenvalue weighted by Gasteiger charge is 2.25. The van der Waals surface area contributed by atoms with E-state index in [4.69, 9.17) is 9.47 Å². The number of para-hydroxylation sites is 1. The SMILES string of the molecule is COc1cccc(C(=O)NCC2CCCN(C(=O)Cn3ccc(C)n3)C2)c1OC. The standard InChI is InChI=1S/C21H28N4O4/c1-15-9-11-25(23-15)14-19(26)24-10-5-6-16(13-24)12-22-21(27)17-7-4-8-18(28-2)20(17)29-3/h4,7-9,11,16H,5-6,10,12-14H2,1-3H3,(H,22,27). The van der Waals surface area contributed by atoms with Crippen molar-refractivity contribution in [1.29, 1.82) is 0 Å². The fourth-order valence-corrected chi connectivity index (χ4v) is 3.65. The quantitative estimate of drug-likeness (QED) is 0.767. The van der Waals surface area contributed by atoms with Gasteiger partial charge < -0.3 is 19.7 Å². The second-order valence-corrected chi connectivity index (χ2v) is 7.25. The van der Waals surface area contributed by atoms with Gasteiger partial charge in [-0.25, -0.2) is 0 Å². The lowest BCUT2D eigenvalue weighted by molar-refractivity contribution is -0.133. The average Bonchev–Trinajstić information content (AvgIpc) is 3.15. The van der Waals surface area contributed by atoms with Crippen LogP contribution in [-0.2, 0) is 11.3 Å². The molecule has 29 heavy (non-hydrogen) atoms. The molecule has 8 heteroatoms. The smallest absolute Gasteiger partial charge is 0.255 e. The summed E-state index contributed by atoms with van der Waals surface area (Å²) in [7, 11) is 3.05. The number of nitrogens with zero attached hydrogens (tertiary/aromatic N) is 3. The van der Waals surface area contributed by atoms with Gasteiger partial charge in [-0.05, 0) is 43.9 Å². The Hall–Kier alpha value is -3.03. The molecule has 156 valence electrons. The van der Waals surface area contributed by atoms with Crippen LogP contribution in [0.5, 0.6) is 11.5 Å². The second-order valence-electron chi connectivity index (χ2n) is 7.25. The van der Waals surface area contributed by atoms with Gasteiger partial charge in [-0.2, -0.15) is 5.10 Å². The fourth-order valence-electron chi connectivity index (χ4n) is 3.65. The number of methoxy groups -OCH3 is 2. The molecular weight excluding hydrogens is 372 g/mol. The Kier molecular flexibility index (Phi) is 6.74. The predicted molar refractivity (Wildman–Crippen MR) is 108 cm³/mol. The van der Waals surface area contributed by atoms with Crippen LogP contribution in [0.3, 0.4) is 0 Å². The van der Waals surface area contributed by atoms with E-state index in [1.807, 2.05) is 24.1 Å². The maximum absolute atomic E-state index is 12.7. The van der Waals surface area contributed by atoms with E-state index in [1.54, 1.807) is 22.9 Å². The lowest BCUT2D eigenvalue weighted by Gasteiger charge is -2.33. The number of hydrogen-bond donors (Lipinski definition) is 1. The zero-order valence-electron chi connectivity index (χ0n) is 17.2. The summed E-state index contributed by atoms with van der Waals surface area (Å²) in [6.07, 6.45) is 3.71. The number of piperidine rings is 1. The third kappa shape index (κ3) is 5.07. The van der Waals surface area contributed by atoms with Crippen LogP contribution in [0.25, 0.3) is 0 Å². The van der Waals surface area contributed by atoms with Crippen LogP contribution in [0.1, 0.15) is 28.9 Å². The van der Waals surface area contributed by atoms with Crippen LogP contribution < -0.4 is 14.8 Å². The molecule has 0 radical (unpaired) electrons.